The fourth-order valence-corrected chi connectivity index (χ4v) is 7.33. The number of aryl methyl sites for hydroxylation is 1. The molecule has 3 heterocycles. The highest BCUT2D eigenvalue weighted by atomic mass is 35.5. The van der Waals surface area contributed by atoms with Crippen molar-refractivity contribution in [3.05, 3.63) is 39.6 Å². The van der Waals surface area contributed by atoms with E-state index >= 15 is 0 Å². The van der Waals surface area contributed by atoms with Gasteiger partial charge in [0, 0.05) is 30.1 Å². The molecule has 1 aromatic carbocycles. The van der Waals surface area contributed by atoms with Crippen molar-refractivity contribution in [2.24, 2.45) is 11.1 Å². The number of anilines is 1. The van der Waals surface area contributed by atoms with Crippen LogP contribution in [-0.4, -0.2) is 60.1 Å². The summed E-state index contributed by atoms with van der Waals surface area (Å²) in [6.07, 6.45) is 1.10. The van der Waals surface area contributed by atoms with Crippen LogP contribution in [0.5, 0.6) is 0 Å². The molecule has 0 unspecified atom stereocenters. The number of sulfone groups is 1. The summed E-state index contributed by atoms with van der Waals surface area (Å²) in [4.78, 5) is 22.8. The number of halogens is 2. The molecule has 2 aliphatic rings. The smallest absolute Gasteiger partial charge is 0.358 e. The largest absolute Gasteiger partial charge is 0.476 e. The monoisotopic (exact) mass is 484 g/mol. The van der Waals surface area contributed by atoms with Gasteiger partial charge in [-0.3, -0.25) is 0 Å². The topological polar surface area (TPSA) is 126 Å². The molecule has 2 fully saturated rings. The average Bonchev–Trinajstić information content (AvgIpc) is 2.92. The molecule has 2 aliphatic heterocycles. The second-order valence-corrected chi connectivity index (χ2v) is 11.1. The number of benzene rings is 1. The predicted octanol–water partition coefficient (Wildman–Crippen LogP) is 2.80. The summed E-state index contributed by atoms with van der Waals surface area (Å²) >= 11 is 12.4. The third kappa shape index (κ3) is 4.00. The van der Waals surface area contributed by atoms with Gasteiger partial charge in [-0.25, -0.2) is 23.2 Å². The number of hydrogen-bond acceptors (Lipinski definition) is 7. The van der Waals surface area contributed by atoms with Crippen molar-refractivity contribution in [2.45, 2.75) is 25.8 Å². The van der Waals surface area contributed by atoms with Crippen LogP contribution in [0.15, 0.2) is 18.2 Å². The molecule has 3 N–H and O–H groups in total. The molecule has 0 amide bonds. The van der Waals surface area contributed by atoms with E-state index in [2.05, 4.69) is 9.97 Å². The van der Waals surface area contributed by atoms with E-state index in [1.54, 1.807) is 25.1 Å². The Bertz CT molecular complexity index is 1160. The van der Waals surface area contributed by atoms with E-state index in [0.717, 1.165) is 0 Å². The summed E-state index contributed by atoms with van der Waals surface area (Å²) < 4.78 is 24.1. The van der Waals surface area contributed by atoms with E-state index in [1.807, 2.05) is 4.90 Å². The Balaban J connectivity index is 1.68. The number of aromatic nitrogens is 2. The summed E-state index contributed by atoms with van der Waals surface area (Å²) in [6.45, 7) is 2.64. The maximum Gasteiger partial charge on any atom is 0.358 e. The van der Waals surface area contributed by atoms with E-state index in [1.165, 1.54) is 0 Å². The molecule has 0 bridgehead atoms. The summed E-state index contributed by atoms with van der Waals surface area (Å²) in [6, 6.07) is 4.66. The number of nitrogens with two attached hydrogens (primary N) is 1. The predicted molar refractivity (Wildman–Crippen MR) is 120 cm³/mol. The Morgan fingerprint density at radius 1 is 1.26 bits per heavy atom. The quantitative estimate of drug-likeness (QED) is 0.680. The zero-order valence-corrected chi connectivity index (χ0v) is 19.1. The van der Waals surface area contributed by atoms with Crippen LogP contribution in [0.4, 0.5) is 5.82 Å². The van der Waals surface area contributed by atoms with E-state index in [9.17, 15) is 18.3 Å². The first-order valence-electron chi connectivity index (χ1n) is 9.80. The highest BCUT2D eigenvalue weighted by Gasteiger charge is 2.50. The lowest BCUT2D eigenvalue weighted by Crippen LogP contribution is -2.49. The Kier molecular flexibility index (Phi) is 5.66. The SMILES string of the molecule is Cc1nc(N2CCC3(CC2)CS(=O)(=O)C[C@H]3N)c(C(=O)O)nc1-c1cccc(Cl)c1Cl. The second-order valence-electron chi connectivity index (χ2n) is 8.25. The highest BCUT2D eigenvalue weighted by molar-refractivity contribution is 7.91. The van der Waals surface area contributed by atoms with E-state index in [4.69, 9.17) is 28.9 Å². The van der Waals surface area contributed by atoms with Gasteiger partial charge in [0.25, 0.3) is 0 Å². The number of hydrogen-bond donors (Lipinski definition) is 2. The number of rotatable bonds is 3. The first kappa shape index (κ1) is 22.3. The maximum atomic E-state index is 12.1. The molecule has 2 saturated heterocycles. The van der Waals surface area contributed by atoms with Crippen molar-refractivity contribution in [2.75, 3.05) is 29.5 Å². The van der Waals surface area contributed by atoms with Crippen LogP contribution in [-0.2, 0) is 9.84 Å². The van der Waals surface area contributed by atoms with Gasteiger partial charge in [0.1, 0.15) is 0 Å². The fourth-order valence-electron chi connectivity index (χ4n) is 4.55. The molecule has 8 nitrogen and oxygen atoms in total. The standard InChI is InChI=1S/C20H22Cl2N4O4S/c1-11-16(12-3-2-4-13(21)15(12)22)25-17(19(27)28)18(24-11)26-7-5-20(6-8-26)10-31(29,30)9-14(20)23/h2-4,14H,5-10,23H2,1H3,(H,27,28)/t14-/m1/s1. The van der Waals surface area contributed by atoms with Crippen molar-refractivity contribution in [3.8, 4) is 11.3 Å². The molecular formula is C20H22Cl2N4O4S. The zero-order chi connectivity index (χ0) is 22.6. The molecule has 1 atom stereocenters. The lowest BCUT2D eigenvalue weighted by Gasteiger charge is -2.41. The summed E-state index contributed by atoms with van der Waals surface area (Å²) in [5, 5.41) is 10.4. The summed E-state index contributed by atoms with van der Waals surface area (Å²) in [7, 11) is -3.15. The molecule has 2 aromatic rings. The van der Waals surface area contributed by atoms with E-state index < -0.39 is 27.3 Å². The van der Waals surface area contributed by atoms with Crippen molar-refractivity contribution in [1.82, 2.24) is 9.97 Å². The van der Waals surface area contributed by atoms with Crippen molar-refractivity contribution < 1.29 is 18.3 Å². The summed E-state index contributed by atoms with van der Waals surface area (Å²) in [5.41, 5.74) is 6.91. The van der Waals surface area contributed by atoms with Crippen LogP contribution in [0.1, 0.15) is 29.0 Å². The van der Waals surface area contributed by atoms with Gasteiger partial charge in [-0.1, -0.05) is 35.3 Å². The Labute approximate surface area is 190 Å². The van der Waals surface area contributed by atoms with Gasteiger partial charge >= 0.3 is 5.97 Å². The molecule has 0 radical (unpaired) electrons. The first-order chi connectivity index (χ1) is 14.5. The van der Waals surface area contributed by atoms with Crippen LogP contribution in [0, 0.1) is 12.3 Å². The van der Waals surface area contributed by atoms with Gasteiger partial charge in [0.2, 0.25) is 0 Å². The molecule has 166 valence electrons. The first-order valence-corrected chi connectivity index (χ1v) is 12.4. The molecule has 1 spiro atoms. The number of piperidine rings is 1. The fraction of sp³-hybridized carbons (Fsp3) is 0.450. The third-order valence-corrected chi connectivity index (χ3v) is 8.95. The number of aromatic carboxylic acids is 1. The second kappa shape index (κ2) is 7.88. The van der Waals surface area contributed by atoms with Crippen molar-refractivity contribution in [1.29, 1.82) is 0 Å². The minimum absolute atomic E-state index is 0.00137. The lowest BCUT2D eigenvalue weighted by atomic mass is 9.75. The van der Waals surface area contributed by atoms with Gasteiger partial charge in [0.15, 0.2) is 21.3 Å². The van der Waals surface area contributed by atoms with Crippen LogP contribution >= 0.6 is 23.2 Å². The Morgan fingerprint density at radius 2 is 1.94 bits per heavy atom. The third-order valence-electron chi connectivity index (χ3n) is 6.25. The van der Waals surface area contributed by atoms with Gasteiger partial charge in [-0.15, -0.1) is 0 Å². The molecule has 4 rings (SSSR count). The van der Waals surface area contributed by atoms with Crippen LogP contribution in [0.3, 0.4) is 0 Å². The van der Waals surface area contributed by atoms with Crippen molar-refractivity contribution in [3.63, 3.8) is 0 Å². The minimum Gasteiger partial charge on any atom is -0.476 e. The van der Waals surface area contributed by atoms with Crippen molar-refractivity contribution >= 4 is 44.8 Å². The normalized spacial score (nSPS) is 22.1. The number of carboxylic acids is 1. The molecule has 31 heavy (non-hydrogen) atoms. The van der Waals surface area contributed by atoms with Gasteiger partial charge in [-0.05, 0) is 25.8 Å². The number of carboxylic acid groups (broad SMARTS) is 1. The Morgan fingerprint density at radius 3 is 2.52 bits per heavy atom. The number of carbonyl (C=O) groups is 1. The Hall–Kier alpha value is -1.94. The molecule has 0 aliphatic carbocycles. The molecule has 1 aromatic heterocycles. The lowest BCUT2D eigenvalue weighted by molar-refractivity contribution is 0.0690. The molecule has 0 saturated carbocycles. The van der Waals surface area contributed by atoms with Crippen LogP contribution < -0.4 is 10.6 Å². The van der Waals surface area contributed by atoms with Crippen LogP contribution in [0.25, 0.3) is 11.3 Å². The summed E-state index contributed by atoms with van der Waals surface area (Å²) in [5.74, 6) is -0.863. The van der Waals surface area contributed by atoms with Gasteiger partial charge in [-0.2, -0.15) is 0 Å². The van der Waals surface area contributed by atoms with Gasteiger partial charge < -0.3 is 15.7 Å². The molecular weight excluding hydrogens is 463 g/mol. The zero-order valence-electron chi connectivity index (χ0n) is 16.8. The van der Waals surface area contributed by atoms with Crippen LogP contribution in [0.2, 0.25) is 10.0 Å². The van der Waals surface area contributed by atoms with E-state index in [0.29, 0.717) is 47.9 Å². The average molecular weight is 485 g/mol. The highest BCUT2D eigenvalue weighted by Crippen LogP contribution is 2.42. The number of nitrogens with zero attached hydrogens (tertiary/aromatic N) is 3. The van der Waals surface area contributed by atoms with E-state index in [-0.39, 0.29) is 28.0 Å². The minimum atomic E-state index is -3.15. The van der Waals surface area contributed by atoms with Gasteiger partial charge in [0.05, 0.1) is 32.9 Å². The molecule has 11 heteroatoms. The maximum absolute atomic E-state index is 12.1.